The van der Waals surface area contributed by atoms with Crippen LogP contribution in [0.15, 0.2) is 24.3 Å². The Labute approximate surface area is 150 Å². The fourth-order valence-electron chi connectivity index (χ4n) is 3.89. The first-order chi connectivity index (χ1) is 11.9. The van der Waals surface area contributed by atoms with E-state index in [1.54, 1.807) is 0 Å². The van der Waals surface area contributed by atoms with E-state index in [0.29, 0.717) is 13.1 Å². The third-order valence-electron chi connectivity index (χ3n) is 5.56. The quantitative estimate of drug-likeness (QED) is 0.909. The van der Waals surface area contributed by atoms with E-state index >= 15 is 0 Å². The van der Waals surface area contributed by atoms with Gasteiger partial charge in [-0.1, -0.05) is 29.8 Å². The first kappa shape index (κ1) is 17.9. The van der Waals surface area contributed by atoms with Crippen LogP contribution in [-0.4, -0.2) is 60.4 Å². The number of rotatable bonds is 3. The Kier molecular flexibility index (Phi) is 5.13. The number of hydrogen-bond acceptors (Lipinski definition) is 3. The molecule has 2 amide bonds. The molecule has 1 atom stereocenters. The molecule has 2 saturated heterocycles. The number of carbonyl (C=O) groups excluding carboxylic acids is 2. The van der Waals surface area contributed by atoms with Gasteiger partial charge in [-0.25, -0.2) is 0 Å². The van der Waals surface area contributed by atoms with Crippen LogP contribution in [0.1, 0.15) is 37.8 Å². The maximum Gasteiger partial charge on any atom is 0.236 e. The topological polar surface area (TPSA) is 52.7 Å². The summed E-state index contributed by atoms with van der Waals surface area (Å²) >= 11 is 0. The molecule has 0 aliphatic carbocycles. The summed E-state index contributed by atoms with van der Waals surface area (Å²) in [7, 11) is 0. The van der Waals surface area contributed by atoms with Gasteiger partial charge in [-0.3, -0.25) is 9.59 Å². The van der Waals surface area contributed by atoms with Crippen molar-refractivity contribution in [1.29, 1.82) is 0 Å². The van der Waals surface area contributed by atoms with Crippen LogP contribution in [0, 0.1) is 6.92 Å². The Balaban J connectivity index is 1.72. The highest BCUT2D eigenvalue weighted by Gasteiger charge is 2.38. The lowest BCUT2D eigenvalue weighted by Gasteiger charge is -2.43. The number of hydrogen-bond donors (Lipinski definition) is 1. The van der Waals surface area contributed by atoms with Crippen LogP contribution < -0.4 is 5.32 Å². The molecule has 5 heteroatoms. The number of amides is 2. The van der Waals surface area contributed by atoms with Crippen molar-refractivity contribution in [3.05, 3.63) is 35.4 Å². The zero-order valence-electron chi connectivity index (χ0n) is 15.5. The summed E-state index contributed by atoms with van der Waals surface area (Å²) in [5.41, 5.74) is 1.69. The van der Waals surface area contributed by atoms with Crippen LogP contribution in [0.2, 0.25) is 0 Å². The van der Waals surface area contributed by atoms with Crippen LogP contribution in [0.5, 0.6) is 0 Å². The predicted octanol–water partition coefficient (Wildman–Crippen LogP) is 1.70. The number of piperidine rings is 1. The average molecular weight is 343 g/mol. The number of aryl methyl sites for hydroxylation is 1. The SMILES string of the molecule is Cc1ccc(C(C)(C)C(=O)N2CCCC(N3CCNCC3=O)C2)cc1. The minimum atomic E-state index is -0.553. The smallest absolute Gasteiger partial charge is 0.236 e. The Bertz CT molecular complexity index is 639. The number of benzene rings is 1. The summed E-state index contributed by atoms with van der Waals surface area (Å²) in [6, 6.07) is 8.37. The van der Waals surface area contributed by atoms with Gasteiger partial charge in [-0.2, -0.15) is 0 Å². The van der Waals surface area contributed by atoms with Crippen LogP contribution in [0.4, 0.5) is 0 Å². The summed E-state index contributed by atoms with van der Waals surface area (Å²) < 4.78 is 0. The molecule has 25 heavy (non-hydrogen) atoms. The summed E-state index contributed by atoms with van der Waals surface area (Å²) in [5.74, 6) is 0.312. The fourth-order valence-corrected chi connectivity index (χ4v) is 3.89. The molecule has 2 aliphatic heterocycles. The highest BCUT2D eigenvalue weighted by atomic mass is 16.2. The summed E-state index contributed by atoms with van der Waals surface area (Å²) in [4.78, 5) is 29.3. The molecule has 2 fully saturated rings. The second-order valence-corrected chi connectivity index (χ2v) is 7.80. The Hall–Kier alpha value is -1.88. The van der Waals surface area contributed by atoms with Crippen LogP contribution >= 0.6 is 0 Å². The second kappa shape index (κ2) is 7.16. The van der Waals surface area contributed by atoms with Crippen molar-refractivity contribution in [2.75, 3.05) is 32.7 Å². The van der Waals surface area contributed by atoms with Crippen LogP contribution in [0.25, 0.3) is 0 Å². The van der Waals surface area contributed by atoms with E-state index in [2.05, 4.69) is 36.5 Å². The molecule has 1 N–H and O–H groups in total. The van der Waals surface area contributed by atoms with Gasteiger partial charge in [0.25, 0.3) is 0 Å². The lowest BCUT2D eigenvalue weighted by molar-refractivity contribution is -0.143. The van der Waals surface area contributed by atoms with E-state index in [-0.39, 0.29) is 17.9 Å². The largest absolute Gasteiger partial charge is 0.340 e. The molecular formula is C20H29N3O2. The summed E-state index contributed by atoms with van der Waals surface area (Å²) in [5, 5.41) is 3.12. The minimum absolute atomic E-state index is 0.154. The van der Waals surface area contributed by atoms with E-state index in [4.69, 9.17) is 0 Å². The van der Waals surface area contributed by atoms with Crippen molar-refractivity contribution in [2.24, 2.45) is 0 Å². The van der Waals surface area contributed by atoms with E-state index in [1.807, 2.05) is 23.6 Å². The maximum atomic E-state index is 13.2. The number of carbonyl (C=O) groups is 2. The molecule has 1 aromatic rings. The Morgan fingerprint density at radius 2 is 1.92 bits per heavy atom. The highest BCUT2D eigenvalue weighted by Crippen LogP contribution is 2.28. The monoisotopic (exact) mass is 343 g/mol. The molecule has 5 nitrogen and oxygen atoms in total. The average Bonchev–Trinajstić information content (AvgIpc) is 2.62. The first-order valence-electron chi connectivity index (χ1n) is 9.26. The van der Waals surface area contributed by atoms with Crippen LogP contribution in [0.3, 0.4) is 0 Å². The van der Waals surface area contributed by atoms with Crippen molar-refractivity contribution in [2.45, 2.75) is 45.1 Å². The molecule has 0 radical (unpaired) electrons. The van der Waals surface area contributed by atoms with E-state index in [0.717, 1.165) is 38.0 Å². The standard InChI is InChI=1S/C20H29N3O2/c1-15-6-8-16(9-7-15)20(2,3)19(25)22-11-4-5-17(14-22)23-12-10-21-13-18(23)24/h6-9,17,21H,4-5,10-14H2,1-3H3. The van der Waals surface area contributed by atoms with Crippen molar-refractivity contribution in [1.82, 2.24) is 15.1 Å². The number of likely N-dealkylation sites (tertiary alicyclic amines) is 1. The highest BCUT2D eigenvalue weighted by molar-refractivity contribution is 5.87. The lowest BCUT2D eigenvalue weighted by atomic mass is 9.82. The Morgan fingerprint density at radius 3 is 2.60 bits per heavy atom. The number of nitrogens with zero attached hydrogens (tertiary/aromatic N) is 2. The van der Waals surface area contributed by atoms with Crippen molar-refractivity contribution < 1.29 is 9.59 Å². The van der Waals surface area contributed by atoms with E-state index < -0.39 is 5.41 Å². The lowest BCUT2D eigenvalue weighted by Crippen LogP contribution is -2.58. The zero-order valence-corrected chi connectivity index (χ0v) is 15.5. The third kappa shape index (κ3) is 3.71. The molecule has 3 rings (SSSR count). The van der Waals surface area contributed by atoms with Gasteiger partial charge >= 0.3 is 0 Å². The molecule has 2 heterocycles. The van der Waals surface area contributed by atoms with Crippen molar-refractivity contribution in [3.63, 3.8) is 0 Å². The van der Waals surface area contributed by atoms with Gasteiger partial charge in [0.1, 0.15) is 0 Å². The molecule has 0 aromatic heterocycles. The predicted molar refractivity (Wildman–Crippen MR) is 98.4 cm³/mol. The Morgan fingerprint density at radius 1 is 1.20 bits per heavy atom. The van der Waals surface area contributed by atoms with E-state index in [1.165, 1.54) is 5.56 Å². The molecule has 136 valence electrons. The summed E-state index contributed by atoms with van der Waals surface area (Å²) in [6.45, 7) is 9.49. The molecular weight excluding hydrogens is 314 g/mol. The zero-order chi connectivity index (χ0) is 18.0. The van der Waals surface area contributed by atoms with Crippen molar-refractivity contribution in [3.8, 4) is 0 Å². The van der Waals surface area contributed by atoms with Gasteiger partial charge in [0.05, 0.1) is 12.0 Å². The molecule has 1 aromatic carbocycles. The number of nitrogens with one attached hydrogen (secondary N) is 1. The van der Waals surface area contributed by atoms with Crippen molar-refractivity contribution >= 4 is 11.8 Å². The van der Waals surface area contributed by atoms with Crippen LogP contribution in [-0.2, 0) is 15.0 Å². The molecule has 1 unspecified atom stereocenters. The molecule has 0 bridgehead atoms. The van der Waals surface area contributed by atoms with Gasteiger partial charge < -0.3 is 15.1 Å². The molecule has 0 saturated carbocycles. The van der Waals surface area contributed by atoms with Gasteiger partial charge in [-0.05, 0) is 39.2 Å². The summed E-state index contributed by atoms with van der Waals surface area (Å²) in [6.07, 6.45) is 1.94. The number of piperazine rings is 1. The normalized spacial score (nSPS) is 22.2. The fraction of sp³-hybridized carbons (Fsp3) is 0.600. The first-order valence-corrected chi connectivity index (χ1v) is 9.26. The van der Waals surface area contributed by atoms with Gasteiger partial charge in [0, 0.05) is 32.2 Å². The second-order valence-electron chi connectivity index (χ2n) is 7.80. The van der Waals surface area contributed by atoms with Gasteiger partial charge in [-0.15, -0.1) is 0 Å². The van der Waals surface area contributed by atoms with Gasteiger partial charge in [0.2, 0.25) is 11.8 Å². The molecule has 2 aliphatic rings. The molecule has 0 spiro atoms. The third-order valence-corrected chi connectivity index (χ3v) is 5.56. The van der Waals surface area contributed by atoms with E-state index in [9.17, 15) is 9.59 Å². The minimum Gasteiger partial charge on any atom is -0.340 e. The van der Waals surface area contributed by atoms with Gasteiger partial charge in [0.15, 0.2) is 0 Å². The maximum absolute atomic E-state index is 13.2.